The Bertz CT molecular complexity index is 929. The molecular weight excluding hydrogens is 433 g/mol. The fourth-order valence-corrected chi connectivity index (χ4v) is 3.80. The van der Waals surface area contributed by atoms with Crippen LogP contribution in [0.25, 0.3) is 0 Å². The van der Waals surface area contributed by atoms with E-state index in [4.69, 9.17) is 0 Å². The number of alkyl halides is 3. The van der Waals surface area contributed by atoms with Gasteiger partial charge in [0.2, 0.25) is 11.8 Å². The van der Waals surface area contributed by atoms with Crippen LogP contribution in [-0.4, -0.2) is 66.9 Å². The summed E-state index contributed by atoms with van der Waals surface area (Å²) in [6.45, 7) is 5.66. The molecule has 1 atom stereocenters. The zero-order chi connectivity index (χ0) is 23.8. The Balaban J connectivity index is 1.63. The van der Waals surface area contributed by atoms with Gasteiger partial charge in [0.25, 0.3) is 0 Å². The topological polar surface area (TPSA) is 64.7 Å². The fraction of sp³-hybridized carbons (Fsp3) is 0.417. The van der Waals surface area contributed by atoms with E-state index in [1.54, 1.807) is 4.90 Å². The molecule has 1 aliphatic rings. The van der Waals surface area contributed by atoms with Gasteiger partial charge in [0.05, 0.1) is 18.2 Å². The lowest BCUT2D eigenvalue weighted by Crippen LogP contribution is -2.55. The highest BCUT2D eigenvalue weighted by atomic mass is 19.4. The molecule has 2 N–H and O–H groups in total. The molecule has 9 heteroatoms. The molecule has 1 saturated heterocycles. The maximum absolute atomic E-state index is 13.2. The van der Waals surface area contributed by atoms with Gasteiger partial charge >= 0.3 is 6.18 Å². The molecule has 2 aromatic carbocycles. The molecule has 1 heterocycles. The smallest absolute Gasteiger partial charge is 0.339 e. The second-order valence-corrected chi connectivity index (χ2v) is 8.01. The number of hydrogen-bond donors (Lipinski definition) is 2. The van der Waals surface area contributed by atoms with Gasteiger partial charge in [0.1, 0.15) is 0 Å². The van der Waals surface area contributed by atoms with Crippen LogP contribution in [0.3, 0.4) is 0 Å². The number of halogens is 3. The molecule has 1 unspecified atom stereocenters. The number of anilines is 1. The van der Waals surface area contributed by atoms with Crippen LogP contribution in [0.15, 0.2) is 54.6 Å². The molecule has 0 saturated carbocycles. The minimum atomic E-state index is -4.49. The highest BCUT2D eigenvalue weighted by Crippen LogP contribution is 2.30. The average Bonchev–Trinajstić information content (AvgIpc) is 2.81. The number of amides is 2. The summed E-state index contributed by atoms with van der Waals surface area (Å²) < 4.78 is 38.7. The van der Waals surface area contributed by atoms with E-state index in [1.165, 1.54) is 12.1 Å². The zero-order valence-electron chi connectivity index (χ0n) is 18.6. The van der Waals surface area contributed by atoms with Crippen molar-refractivity contribution in [3.05, 3.63) is 65.7 Å². The van der Waals surface area contributed by atoms with Gasteiger partial charge in [0, 0.05) is 31.9 Å². The van der Waals surface area contributed by atoms with Crippen LogP contribution < -0.4 is 10.6 Å². The van der Waals surface area contributed by atoms with Crippen LogP contribution in [-0.2, 0) is 22.2 Å². The second-order valence-electron chi connectivity index (χ2n) is 8.01. The van der Waals surface area contributed by atoms with Gasteiger partial charge in [-0.2, -0.15) is 13.2 Å². The van der Waals surface area contributed by atoms with Gasteiger partial charge in [-0.25, -0.2) is 0 Å². The van der Waals surface area contributed by atoms with E-state index in [0.29, 0.717) is 19.5 Å². The van der Waals surface area contributed by atoms with Crippen molar-refractivity contribution >= 4 is 17.5 Å². The van der Waals surface area contributed by atoms with E-state index in [2.05, 4.69) is 22.5 Å². The summed E-state index contributed by atoms with van der Waals surface area (Å²) in [6.07, 6.45) is -4.08. The lowest BCUT2D eigenvalue weighted by molar-refractivity contribution is -0.137. The molecule has 33 heavy (non-hydrogen) atoms. The summed E-state index contributed by atoms with van der Waals surface area (Å²) in [5.74, 6) is -0.600. The van der Waals surface area contributed by atoms with Crippen molar-refractivity contribution < 1.29 is 22.8 Å². The first-order valence-electron chi connectivity index (χ1n) is 11.0. The molecule has 0 bridgehead atoms. The van der Waals surface area contributed by atoms with E-state index in [1.807, 2.05) is 30.3 Å². The van der Waals surface area contributed by atoms with Crippen LogP contribution >= 0.6 is 0 Å². The van der Waals surface area contributed by atoms with Gasteiger partial charge in [0.15, 0.2) is 0 Å². The van der Waals surface area contributed by atoms with Crippen molar-refractivity contribution in [1.29, 1.82) is 0 Å². The van der Waals surface area contributed by atoms with E-state index in [9.17, 15) is 22.8 Å². The number of nitrogens with zero attached hydrogens (tertiary/aromatic N) is 2. The predicted octanol–water partition coefficient (Wildman–Crippen LogP) is 3.01. The molecule has 0 spiro atoms. The minimum Gasteiger partial charge on any atom is -0.339 e. The van der Waals surface area contributed by atoms with Crippen LogP contribution in [0.5, 0.6) is 0 Å². The molecule has 2 aromatic rings. The molecule has 0 aromatic heterocycles. The molecule has 2 amide bonds. The predicted molar refractivity (Wildman–Crippen MR) is 121 cm³/mol. The molecule has 0 aliphatic carbocycles. The van der Waals surface area contributed by atoms with Gasteiger partial charge in [-0.15, -0.1) is 0 Å². The van der Waals surface area contributed by atoms with E-state index in [-0.39, 0.29) is 18.1 Å². The third-order valence-corrected chi connectivity index (χ3v) is 5.69. The quantitative estimate of drug-likeness (QED) is 0.633. The zero-order valence-corrected chi connectivity index (χ0v) is 18.6. The second kappa shape index (κ2) is 11.3. The first-order valence-corrected chi connectivity index (χ1v) is 11.0. The Hall–Kier alpha value is -2.91. The number of hydrogen-bond acceptors (Lipinski definition) is 4. The molecule has 0 radical (unpaired) electrons. The largest absolute Gasteiger partial charge is 0.416 e. The van der Waals surface area contributed by atoms with E-state index >= 15 is 0 Å². The van der Waals surface area contributed by atoms with Crippen LogP contribution in [0.1, 0.15) is 18.1 Å². The van der Waals surface area contributed by atoms with Crippen molar-refractivity contribution in [2.75, 3.05) is 44.6 Å². The maximum Gasteiger partial charge on any atom is 0.416 e. The van der Waals surface area contributed by atoms with Crippen LogP contribution in [0, 0.1) is 0 Å². The molecule has 1 fully saturated rings. The lowest BCUT2D eigenvalue weighted by atomic mass is 10.0. The summed E-state index contributed by atoms with van der Waals surface area (Å²) in [4.78, 5) is 29.7. The number of carbonyl (C=O) groups is 2. The van der Waals surface area contributed by atoms with Crippen molar-refractivity contribution in [1.82, 2.24) is 15.1 Å². The van der Waals surface area contributed by atoms with Gasteiger partial charge < -0.3 is 15.1 Å². The summed E-state index contributed by atoms with van der Waals surface area (Å²) in [5.41, 5.74) is 0.170. The molecule has 3 rings (SSSR count). The first-order chi connectivity index (χ1) is 15.8. The van der Waals surface area contributed by atoms with E-state index < -0.39 is 23.7 Å². The summed E-state index contributed by atoms with van der Waals surface area (Å²) in [7, 11) is 0. The number of benzene rings is 2. The molecule has 6 nitrogen and oxygen atoms in total. The van der Waals surface area contributed by atoms with Crippen molar-refractivity contribution in [3.8, 4) is 0 Å². The molecule has 178 valence electrons. The van der Waals surface area contributed by atoms with Crippen LogP contribution in [0.2, 0.25) is 0 Å². The Kier molecular flexibility index (Phi) is 8.46. The Morgan fingerprint density at radius 1 is 1.00 bits per heavy atom. The number of piperazine rings is 1. The highest BCUT2D eigenvalue weighted by Gasteiger charge is 2.31. The highest BCUT2D eigenvalue weighted by molar-refractivity contribution is 5.93. The molecular formula is C24H29F3N4O2. The summed E-state index contributed by atoms with van der Waals surface area (Å²) in [5, 5.41) is 5.49. The number of likely N-dealkylation sites (N-methyl/N-ethyl adjacent to an activating group) is 1. The normalized spacial score (nSPS) is 15.8. The van der Waals surface area contributed by atoms with Crippen molar-refractivity contribution in [3.63, 3.8) is 0 Å². The number of rotatable bonds is 8. The van der Waals surface area contributed by atoms with Crippen LogP contribution in [0.4, 0.5) is 18.9 Å². The Labute approximate surface area is 191 Å². The SMILES string of the molecule is CCN1CCN(C(=O)C(Cc2ccccc2)NCC(=O)Nc2cccc(C(F)(F)F)c2)CC1. The minimum absolute atomic E-state index is 0.0539. The van der Waals surface area contributed by atoms with Crippen molar-refractivity contribution in [2.45, 2.75) is 25.6 Å². The van der Waals surface area contributed by atoms with E-state index in [0.717, 1.165) is 37.3 Å². The number of carbonyl (C=O) groups excluding carboxylic acids is 2. The summed E-state index contributed by atoms with van der Waals surface area (Å²) >= 11 is 0. The van der Waals surface area contributed by atoms with Gasteiger partial charge in [-0.3, -0.25) is 14.9 Å². The lowest BCUT2D eigenvalue weighted by Gasteiger charge is -2.36. The standard InChI is InChI=1S/C24H29F3N4O2/c1-2-30-11-13-31(14-12-30)23(33)21(15-18-7-4-3-5-8-18)28-17-22(32)29-20-10-6-9-19(16-20)24(25,26)27/h3-10,16,21,28H,2,11-15,17H2,1H3,(H,29,32). The monoisotopic (exact) mass is 462 g/mol. The van der Waals surface area contributed by atoms with Gasteiger partial charge in [-0.05, 0) is 36.7 Å². The Morgan fingerprint density at radius 2 is 1.70 bits per heavy atom. The average molecular weight is 463 g/mol. The number of nitrogens with one attached hydrogen (secondary N) is 2. The maximum atomic E-state index is 13.2. The van der Waals surface area contributed by atoms with Gasteiger partial charge in [-0.1, -0.05) is 43.3 Å². The molecule has 1 aliphatic heterocycles. The first kappa shape index (κ1) is 24.7. The third kappa shape index (κ3) is 7.30. The van der Waals surface area contributed by atoms with Crippen molar-refractivity contribution in [2.24, 2.45) is 0 Å². The Morgan fingerprint density at radius 3 is 2.33 bits per heavy atom. The fourth-order valence-electron chi connectivity index (χ4n) is 3.80. The summed E-state index contributed by atoms with van der Waals surface area (Å²) in [6, 6.07) is 13.3. The third-order valence-electron chi connectivity index (χ3n) is 5.69.